The van der Waals surface area contributed by atoms with Gasteiger partial charge in [0.05, 0.1) is 11.6 Å². The zero-order valence-corrected chi connectivity index (χ0v) is 10.4. The number of hydrogen-bond donors (Lipinski definition) is 1. The van der Waals surface area contributed by atoms with Crippen molar-refractivity contribution in [2.24, 2.45) is 0 Å². The molecule has 0 aliphatic heterocycles. The van der Waals surface area contributed by atoms with Crippen LogP contribution in [-0.2, 0) is 0 Å². The Kier molecular flexibility index (Phi) is 3.84. The van der Waals surface area contributed by atoms with Crippen molar-refractivity contribution in [3.8, 4) is 11.5 Å². The summed E-state index contributed by atoms with van der Waals surface area (Å²) >= 11 is 0. The van der Waals surface area contributed by atoms with E-state index in [-0.39, 0.29) is 23.4 Å². The first-order valence-corrected chi connectivity index (χ1v) is 5.73. The second-order valence-electron chi connectivity index (χ2n) is 3.92. The summed E-state index contributed by atoms with van der Waals surface area (Å²) in [4.78, 5) is 0. The first-order valence-electron chi connectivity index (χ1n) is 5.73. The second kappa shape index (κ2) is 5.40. The van der Waals surface area contributed by atoms with Crippen LogP contribution in [0.2, 0.25) is 0 Å². The minimum absolute atomic E-state index is 0.172. The van der Waals surface area contributed by atoms with Gasteiger partial charge in [-0.25, -0.2) is 13.2 Å². The Labute approximate surface area is 107 Å². The Morgan fingerprint density at radius 2 is 1.95 bits per heavy atom. The van der Waals surface area contributed by atoms with E-state index in [2.05, 4.69) is 15.5 Å². The number of aromatic nitrogens is 2. The van der Waals surface area contributed by atoms with Gasteiger partial charge in [0.15, 0.2) is 17.5 Å². The zero-order valence-electron chi connectivity index (χ0n) is 10.4. The standard InChI is InChI=1S/C12H12F3N3O/c1-3-8(16-2)12-18-17-11(19-12)6-4-5-7(13)10(15)9(6)14/h4-5,8,16H,3H2,1-2H3. The lowest BCUT2D eigenvalue weighted by atomic mass is 10.2. The Morgan fingerprint density at radius 1 is 1.21 bits per heavy atom. The van der Waals surface area contributed by atoms with E-state index in [4.69, 9.17) is 4.42 Å². The number of rotatable bonds is 4. The van der Waals surface area contributed by atoms with Crippen molar-refractivity contribution < 1.29 is 17.6 Å². The molecule has 1 N–H and O–H groups in total. The first kappa shape index (κ1) is 13.5. The molecule has 1 aromatic heterocycles. The van der Waals surface area contributed by atoms with Crippen molar-refractivity contribution in [1.82, 2.24) is 15.5 Å². The summed E-state index contributed by atoms with van der Waals surface area (Å²) in [5.41, 5.74) is -0.261. The van der Waals surface area contributed by atoms with Gasteiger partial charge in [0.25, 0.3) is 5.89 Å². The molecule has 2 aromatic rings. The van der Waals surface area contributed by atoms with E-state index >= 15 is 0 Å². The van der Waals surface area contributed by atoms with Gasteiger partial charge in [-0.05, 0) is 25.6 Å². The summed E-state index contributed by atoms with van der Waals surface area (Å²) in [6.07, 6.45) is 0.693. The lowest BCUT2D eigenvalue weighted by Crippen LogP contribution is -2.15. The largest absolute Gasteiger partial charge is 0.419 e. The van der Waals surface area contributed by atoms with Crippen LogP contribution in [-0.4, -0.2) is 17.2 Å². The normalized spacial score (nSPS) is 12.7. The molecule has 1 aromatic carbocycles. The molecule has 0 fully saturated rings. The van der Waals surface area contributed by atoms with Gasteiger partial charge >= 0.3 is 0 Å². The van der Waals surface area contributed by atoms with Crippen molar-refractivity contribution in [3.05, 3.63) is 35.5 Å². The number of nitrogens with zero attached hydrogens (tertiary/aromatic N) is 2. The van der Waals surface area contributed by atoms with E-state index in [0.717, 1.165) is 12.1 Å². The molecule has 1 atom stereocenters. The summed E-state index contributed by atoms with van der Waals surface area (Å²) in [5.74, 6) is -4.07. The van der Waals surface area contributed by atoms with E-state index in [1.54, 1.807) is 7.05 Å². The summed E-state index contributed by atoms with van der Waals surface area (Å²) in [7, 11) is 1.72. The third kappa shape index (κ3) is 2.46. The average molecular weight is 271 g/mol. The Morgan fingerprint density at radius 3 is 2.58 bits per heavy atom. The smallest absolute Gasteiger partial charge is 0.250 e. The molecule has 1 heterocycles. The van der Waals surface area contributed by atoms with Crippen LogP contribution in [0, 0.1) is 17.5 Å². The fourth-order valence-electron chi connectivity index (χ4n) is 1.68. The molecule has 0 radical (unpaired) electrons. The molecule has 0 aliphatic carbocycles. The fraction of sp³-hybridized carbons (Fsp3) is 0.333. The maximum Gasteiger partial charge on any atom is 0.250 e. The molecule has 0 amide bonds. The van der Waals surface area contributed by atoms with Gasteiger partial charge in [-0.3, -0.25) is 0 Å². The van der Waals surface area contributed by atoms with Crippen LogP contribution >= 0.6 is 0 Å². The molecular weight excluding hydrogens is 259 g/mol. The molecule has 0 aliphatic rings. The van der Waals surface area contributed by atoms with Crippen LogP contribution in [0.15, 0.2) is 16.5 Å². The second-order valence-corrected chi connectivity index (χ2v) is 3.92. The molecule has 1 unspecified atom stereocenters. The van der Waals surface area contributed by atoms with Gasteiger partial charge in [0.1, 0.15) is 0 Å². The highest BCUT2D eigenvalue weighted by molar-refractivity contribution is 5.53. The summed E-state index contributed by atoms with van der Waals surface area (Å²) in [6.45, 7) is 1.91. The van der Waals surface area contributed by atoms with Crippen molar-refractivity contribution >= 4 is 0 Å². The monoisotopic (exact) mass is 271 g/mol. The number of halogens is 3. The highest BCUT2D eigenvalue weighted by Crippen LogP contribution is 2.26. The maximum atomic E-state index is 13.6. The molecule has 7 heteroatoms. The van der Waals surface area contributed by atoms with Crippen LogP contribution in [0.1, 0.15) is 25.3 Å². The quantitative estimate of drug-likeness (QED) is 0.869. The average Bonchev–Trinajstić information content (AvgIpc) is 2.87. The fourth-order valence-corrected chi connectivity index (χ4v) is 1.68. The van der Waals surface area contributed by atoms with Crippen LogP contribution in [0.25, 0.3) is 11.5 Å². The molecule has 0 saturated heterocycles. The third-order valence-electron chi connectivity index (χ3n) is 2.76. The van der Waals surface area contributed by atoms with Crippen LogP contribution < -0.4 is 5.32 Å². The van der Waals surface area contributed by atoms with Gasteiger partial charge < -0.3 is 9.73 Å². The van der Waals surface area contributed by atoms with Crippen molar-refractivity contribution in [2.75, 3.05) is 7.05 Å². The molecule has 0 spiro atoms. The molecular formula is C12H12F3N3O. The molecule has 0 saturated carbocycles. The summed E-state index contributed by atoms with van der Waals surface area (Å²) in [5, 5.41) is 10.4. The van der Waals surface area contributed by atoms with Crippen LogP contribution in [0.4, 0.5) is 13.2 Å². The van der Waals surface area contributed by atoms with E-state index < -0.39 is 17.5 Å². The van der Waals surface area contributed by atoms with Gasteiger partial charge in [-0.2, -0.15) is 0 Å². The van der Waals surface area contributed by atoms with Crippen LogP contribution in [0.5, 0.6) is 0 Å². The minimum atomic E-state index is -1.56. The van der Waals surface area contributed by atoms with E-state index in [1.807, 2.05) is 6.92 Å². The van der Waals surface area contributed by atoms with Gasteiger partial charge in [-0.1, -0.05) is 6.92 Å². The van der Waals surface area contributed by atoms with E-state index in [0.29, 0.717) is 6.42 Å². The van der Waals surface area contributed by atoms with Gasteiger partial charge in [0.2, 0.25) is 5.89 Å². The summed E-state index contributed by atoms with van der Waals surface area (Å²) < 4.78 is 44.8. The Balaban J connectivity index is 2.41. The number of hydrogen-bond acceptors (Lipinski definition) is 4. The molecule has 0 bridgehead atoms. The Hall–Kier alpha value is -1.89. The highest BCUT2D eigenvalue weighted by atomic mass is 19.2. The summed E-state index contributed by atoms with van der Waals surface area (Å²) in [6, 6.07) is 1.70. The lowest BCUT2D eigenvalue weighted by Gasteiger charge is -2.07. The predicted molar refractivity (Wildman–Crippen MR) is 61.7 cm³/mol. The zero-order chi connectivity index (χ0) is 14.0. The van der Waals surface area contributed by atoms with Crippen molar-refractivity contribution in [1.29, 1.82) is 0 Å². The Bertz CT molecular complexity index is 582. The SMILES string of the molecule is CCC(NC)c1nnc(-c2ccc(F)c(F)c2F)o1. The first-order chi connectivity index (χ1) is 9.08. The van der Waals surface area contributed by atoms with E-state index in [9.17, 15) is 13.2 Å². The molecule has 19 heavy (non-hydrogen) atoms. The maximum absolute atomic E-state index is 13.6. The molecule has 102 valence electrons. The van der Waals surface area contributed by atoms with E-state index in [1.165, 1.54) is 0 Å². The van der Waals surface area contributed by atoms with Crippen LogP contribution in [0.3, 0.4) is 0 Å². The van der Waals surface area contributed by atoms with Gasteiger partial charge in [0, 0.05) is 0 Å². The third-order valence-corrected chi connectivity index (χ3v) is 2.76. The number of benzene rings is 1. The van der Waals surface area contributed by atoms with Crippen molar-refractivity contribution in [3.63, 3.8) is 0 Å². The molecule has 4 nitrogen and oxygen atoms in total. The van der Waals surface area contributed by atoms with Gasteiger partial charge in [-0.15, -0.1) is 10.2 Å². The predicted octanol–water partition coefficient (Wildman–Crippen LogP) is 2.82. The topological polar surface area (TPSA) is 51.0 Å². The molecule has 2 rings (SSSR count). The highest BCUT2D eigenvalue weighted by Gasteiger charge is 2.21. The number of nitrogens with one attached hydrogen (secondary N) is 1. The van der Waals surface area contributed by atoms with Crippen molar-refractivity contribution in [2.45, 2.75) is 19.4 Å². The minimum Gasteiger partial charge on any atom is -0.419 e. The lowest BCUT2D eigenvalue weighted by molar-refractivity contribution is 0.411.